The minimum atomic E-state index is -0.802. The fourth-order valence-corrected chi connectivity index (χ4v) is 3.36. The minimum Gasteiger partial charge on any atom is -0.503 e. The van der Waals surface area contributed by atoms with E-state index in [0.29, 0.717) is 12.4 Å². The van der Waals surface area contributed by atoms with Gasteiger partial charge in [0.1, 0.15) is 11.8 Å². The number of furan rings is 2. The molecule has 0 bridgehead atoms. The number of rotatable bonds is 5. The molecular formula is C18H17NO6. The van der Waals surface area contributed by atoms with Crippen LogP contribution in [-0.4, -0.2) is 41.0 Å². The largest absolute Gasteiger partial charge is 0.503 e. The molecule has 1 N–H and O–H groups in total. The van der Waals surface area contributed by atoms with E-state index >= 15 is 0 Å². The number of aliphatic hydroxyl groups excluding tert-OH is 1. The maximum atomic E-state index is 12.8. The molecule has 0 saturated carbocycles. The van der Waals surface area contributed by atoms with Crippen LogP contribution in [-0.2, 0) is 9.53 Å². The summed E-state index contributed by atoms with van der Waals surface area (Å²) in [5, 5.41) is 10.4. The van der Waals surface area contributed by atoms with Crippen molar-refractivity contribution in [2.24, 2.45) is 0 Å². The van der Waals surface area contributed by atoms with Crippen molar-refractivity contribution in [2.75, 3.05) is 13.2 Å². The second-order valence-electron chi connectivity index (χ2n) is 6.08. The van der Waals surface area contributed by atoms with Gasteiger partial charge in [0.2, 0.25) is 5.78 Å². The molecule has 7 heteroatoms. The third kappa shape index (κ3) is 2.66. The van der Waals surface area contributed by atoms with Crippen molar-refractivity contribution < 1.29 is 28.3 Å². The van der Waals surface area contributed by atoms with Crippen molar-refractivity contribution in [3.05, 3.63) is 59.6 Å². The Labute approximate surface area is 143 Å². The molecule has 4 rings (SSSR count). The fraction of sp³-hybridized carbons (Fsp3) is 0.333. The zero-order chi connectivity index (χ0) is 17.4. The van der Waals surface area contributed by atoms with Crippen LogP contribution in [0, 0.1) is 0 Å². The van der Waals surface area contributed by atoms with Gasteiger partial charge < -0.3 is 23.6 Å². The van der Waals surface area contributed by atoms with Gasteiger partial charge in [-0.15, -0.1) is 0 Å². The molecule has 4 heterocycles. The highest BCUT2D eigenvalue weighted by Crippen LogP contribution is 2.39. The summed E-state index contributed by atoms with van der Waals surface area (Å²) in [5.74, 6) is -1.24. The molecule has 25 heavy (non-hydrogen) atoms. The first-order chi connectivity index (χ1) is 12.2. The van der Waals surface area contributed by atoms with Crippen molar-refractivity contribution in [3.63, 3.8) is 0 Å². The van der Waals surface area contributed by atoms with Gasteiger partial charge in [0, 0.05) is 13.2 Å². The van der Waals surface area contributed by atoms with E-state index < -0.39 is 23.5 Å². The molecule has 2 unspecified atom stereocenters. The second-order valence-corrected chi connectivity index (χ2v) is 6.08. The number of ether oxygens (including phenoxy) is 1. The Morgan fingerprint density at radius 2 is 2.04 bits per heavy atom. The fourth-order valence-electron chi connectivity index (χ4n) is 3.36. The van der Waals surface area contributed by atoms with Gasteiger partial charge in [-0.25, -0.2) is 0 Å². The number of amides is 1. The summed E-state index contributed by atoms with van der Waals surface area (Å²) in [4.78, 5) is 26.8. The van der Waals surface area contributed by atoms with Crippen LogP contribution in [0.1, 0.15) is 35.2 Å². The van der Waals surface area contributed by atoms with Crippen molar-refractivity contribution in [2.45, 2.75) is 25.0 Å². The van der Waals surface area contributed by atoms with E-state index in [1.54, 1.807) is 18.2 Å². The summed E-state index contributed by atoms with van der Waals surface area (Å²) < 4.78 is 16.2. The lowest BCUT2D eigenvalue weighted by Crippen LogP contribution is -2.37. The van der Waals surface area contributed by atoms with Gasteiger partial charge in [-0.2, -0.15) is 0 Å². The molecule has 2 aliphatic rings. The molecule has 0 spiro atoms. The predicted molar refractivity (Wildman–Crippen MR) is 84.8 cm³/mol. The lowest BCUT2D eigenvalue weighted by molar-refractivity contribution is -0.131. The maximum Gasteiger partial charge on any atom is 0.290 e. The first kappa shape index (κ1) is 15.7. The summed E-state index contributed by atoms with van der Waals surface area (Å²) in [5.41, 5.74) is -0.0344. The average molecular weight is 343 g/mol. The second kappa shape index (κ2) is 6.25. The Balaban J connectivity index is 1.72. The average Bonchev–Trinajstić information content (AvgIpc) is 3.39. The lowest BCUT2D eigenvalue weighted by atomic mass is 9.99. The molecule has 2 aliphatic heterocycles. The quantitative estimate of drug-likeness (QED) is 0.839. The van der Waals surface area contributed by atoms with E-state index in [4.69, 9.17) is 13.6 Å². The van der Waals surface area contributed by atoms with Gasteiger partial charge in [-0.3, -0.25) is 9.59 Å². The van der Waals surface area contributed by atoms with Crippen LogP contribution in [0.2, 0.25) is 0 Å². The monoisotopic (exact) mass is 343 g/mol. The van der Waals surface area contributed by atoms with Crippen LogP contribution in [0.3, 0.4) is 0 Å². The topological polar surface area (TPSA) is 93.1 Å². The summed E-state index contributed by atoms with van der Waals surface area (Å²) >= 11 is 0. The van der Waals surface area contributed by atoms with E-state index in [-0.39, 0.29) is 24.0 Å². The molecule has 0 aromatic carbocycles. The van der Waals surface area contributed by atoms with E-state index in [0.717, 1.165) is 12.8 Å². The molecule has 130 valence electrons. The molecule has 7 nitrogen and oxygen atoms in total. The third-order valence-corrected chi connectivity index (χ3v) is 4.53. The Kier molecular flexibility index (Phi) is 3.93. The molecule has 1 saturated heterocycles. The molecule has 2 aromatic rings. The van der Waals surface area contributed by atoms with Crippen molar-refractivity contribution >= 4 is 11.7 Å². The highest BCUT2D eigenvalue weighted by molar-refractivity contribution is 6.14. The van der Waals surface area contributed by atoms with E-state index in [1.807, 2.05) is 0 Å². The number of ketones is 1. The highest BCUT2D eigenvalue weighted by Gasteiger charge is 2.46. The first-order valence-corrected chi connectivity index (χ1v) is 8.14. The van der Waals surface area contributed by atoms with Gasteiger partial charge in [-0.1, -0.05) is 0 Å². The standard InChI is InChI=1S/C18H17NO6/c20-16(13-6-3-9-25-13)14-15(12-5-2-8-24-12)19(18(22)17(14)21)10-11-4-1-7-23-11/h2-3,5-6,8-9,11,15,21H,1,4,7,10H2. The van der Waals surface area contributed by atoms with Gasteiger partial charge in [0.15, 0.2) is 11.5 Å². The predicted octanol–water partition coefficient (Wildman–Crippen LogP) is 2.63. The van der Waals surface area contributed by atoms with Crippen molar-refractivity contribution in [1.29, 1.82) is 0 Å². The van der Waals surface area contributed by atoms with Gasteiger partial charge >= 0.3 is 0 Å². The lowest BCUT2D eigenvalue weighted by Gasteiger charge is -2.27. The van der Waals surface area contributed by atoms with Gasteiger partial charge in [0.25, 0.3) is 5.91 Å². The number of Topliss-reactive ketones (excluding diaryl/α,β-unsaturated/α-hetero) is 1. The van der Waals surface area contributed by atoms with E-state index in [9.17, 15) is 14.7 Å². The molecule has 2 atom stereocenters. The normalized spacial score (nSPS) is 23.7. The SMILES string of the molecule is O=C(C1=C(O)C(=O)N(CC2CCCO2)C1c1ccco1)c1ccco1. The number of carbonyl (C=O) groups excluding carboxylic acids is 2. The van der Waals surface area contributed by atoms with Crippen molar-refractivity contribution in [1.82, 2.24) is 4.90 Å². The number of hydrogen-bond acceptors (Lipinski definition) is 6. The van der Waals surface area contributed by atoms with Crippen molar-refractivity contribution in [3.8, 4) is 0 Å². The third-order valence-electron chi connectivity index (χ3n) is 4.53. The van der Waals surface area contributed by atoms with E-state index in [2.05, 4.69) is 0 Å². The summed E-state index contributed by atoms with van der Waals surface area (Å²) in [6.07, 6.45) is 4.47. The summed E-state index contributed by atoms with van der Waals surface area (Å²) in [6, 6.07) is 5.62. The zero-order valence-electron chi connectivity index (χ0n) is 13.4. The van der Waals surface area contributed by atoms with Crippen LogP contribution >= 0.6 is 0 Å². The number of carbonyl (C=O) groups is 2. The van der Waals surface area contributed by atoms with Crippen LogP contribution in [0.5, 0.6) is 0 Å². The highest BCUT2D eigenvalue weighted by atomic mass is 16.5. The molecule has 0 aliphatic carbocycles. The molecule has 0 radical (unpaired) electrons. The first-order valence-electron chi connectivity index (χ1n) is 8.14. The summed E-state index contributed by atoms with van der Waals surface area (Å²) in [6.45, 7) is 0.929. The van der Waals surface area contributed by atoms with Gasteiger partial charge in [-0.05, 0) is 37.1 Å². The van der Waals surface area contributed by atoms with E-state index in [1.165, 1.54) is 23.5 Å². The Morgan fingerprint density at radius 1 is 1.24 bits per heavy atom. The molecule has 1 fully saturated rings. The Morgan fingerprint density at radius 3 is 2.68 bits per heavy atom. The number of aliphatic hydroxyl groups is 1. The number of nitrogens with zero attached hydrogens (tertiary/aromatic N) is 1. The Bertz CT molecular complexity index is 799. The molecule has 1 amide bonds. The molecular weight excluding hydrogens is 326 g/mol. The maximum absolute atomic E-state index is 12.8. The summed E-state index contributed by atoms with van der Waals surface area (Å²) in [7, 11) is 0. The Hall–Kier alpha value is -2.80. The van der Waals surface area contributed by atoms with Crippen LogP contribution in [0.15, 0.2) is 57.0 Å². The number of hydrogen-bond donors (Lipinski definition) is 1. The zero-order valence-corrected chi connectivity index (χ0v) is 13.4. The molecule has 2 aromatic heterocycles. The van der Waals surface area contributed by atoms with Crippen LogP contribution in [0.25, 0.3) is 0 Å². The van der Waals surface area contributed by atoms with Crippen LogP contribution < -0.4 is 0 Å². The van der Waals surface area contributed by atoms with Crippen LogP contribution in [0.4, 0.5) is 0 Å². The van der Waals surface area contributed by atoms with Gasteiger partial charge in [0.05, 0.1) is 24.2 Å². The smallest absolute Gasteiger partial charge is 0.290 e. The minimum absolute atomic E-state index is 0.0344.